The van der Waals surface area contributed by atoms with Gasteiger partial charge in [0.1, 0.15) is 0 Å². The van der Waals surface area contributed by atoms with E-state index in [0.717, 1.165) is 17.8 Å². The molecule has 0 amide bonds. The highest BCUT2D eigenvalue weighted by Gasteiger charge is 2.10. The molecule has 4 heteroatoms. The average molecular weight is 216 g/mol. The summed E-state index contributed by atoms with van der Waals surface area (Å²) in [5.41, 5.74) is 10.2. The van der Waals surface area contributed by atoms with Gasteiger partial charge in [-0.1, -0.05) is 18.2 Å². The molecule has 1 aromatic carbocycles. The minimum Gasteiger partial charge on any atom is -0.381 e. The molecule has 0 fully saturated rings. The van der Waals surface area contributed by atoms with Crippen LogP contribution >= 0.6 is 0 Å². The van der Waals surface area contributed by atoms with Gasteiger partial charge in [0.25, 0.3) is 0 Å². The molecule has 0 saturated heterocycles. The van der Waals surface area contributed by atoms with Crippen molar-refractivity contribution in [2.24, 2.45) is 0 Å². The quantitative estimate of drug-likeness (QED) is 0.835. The normalized spacial score (nSPS) is 10.7. The second kappa shape index (κ2) is 3.96. The Hall–Kier alpha value is -1.84. The first kappa shape index (κ1) is 10.7. The van der Waals surface area contributed by atoms with E-state index in [9.17, 15) is 0 Å². The van der Waals surface area contributed by atoms with Crippen LogP contribution in [0.1, 0.15) is 23.7 Å². The summed E-state index contributed by atoms with van der Waals surface area (Å²) in [4.78, 5) is 0. The van der Waals surface area contributed by atoms with Crippen molar-refractivity contribution < 1.29 is 0 Å². The summed E-state index contributed by atoms with van der Waals surface area (Å²) in [6.07, 6.45) is 0.825. The van der Waals surface area contributed by atoms with E-state index in [-0.39, 0.29) is 0 Å². The lowest BCUT2D eigenvalue weighted by Crippen LogP contribution is -2.03. The van der Waals surface area contributed by atoms with Crippen LogP contribution in [-0.2, 0) is 6.42 Å². The van der Waals surface area contributed by atoms with E-state index >= 15 is 0 Å². The first-order valence-corrected chi connectivity index (χ1v) is 5.40. The van der Waals surface area contributed by atoms with Crippen LogP contribution in [0.3, 0.4) is 0 Å². The number of anilines is 1. The zero-order chi connectivity index (χ0) is 11.7. The molecule has 4 nitrogen and oxygen atoms in total. The number of nitrogens with two attached hydrogens (primary N) is 1. The summed E-state index contributed by atoms with van der Waals surface area (Å²) in [5.74, 6) is 0.515. The van der Waals surface area contributed by atoms with Crippen molar-refractivity contribution in [3.8, 4) is 5.69 Å². The van der Waals surface area contributed by atoms with Gasteiger partial charge in [0.05, 0.1) is 11.4 Å². The van der Waals surface area contributed by atoms with Gasteiger partial charge in [-0.3, -0.25) is 0 Å². The Morgan fingerprint density at radius 3 is 2.38 bits per heavy atom. The highest BCUT2D eigenvalue weighted by atomic mass is 15.4. The van der Waals surface area contributed by atoms with Gasteiger partial charge in [0, 0.05) is 0 Å². The molecule has 1 heterocycles. The van der Waals surface area contributed by atoms with Crippen molar-refractivity contribution in [1.82, 2.24) is 15.0 Å². The fourth-order valence-corrected chi connectivity index (χ4v) is 1.92. The Morgan fingerprint density at radius 2 is 1.81 bits per heavy atom. The van der Waals surface area contributed by atoms with Gasteiger partial charge in [0.2, 0.25) is 0 Å². The predicted octanol–water partition coefficient (Wildman–Crippen LogP) is 2.03. The first-order chi connectivity index (χ1) is 7.61. The van der Waals surface area contributed by atoms with Crippen LogP contribution < -0.4 is 5.73 Å². The highest BCUT2D eigenvalue weighted by Crippen LogP contribution is 2.17. The molecule has 0 aliphatic carbocycles. The molecule has 0 atom stereocenters. The fourth-order valence-electron chi connectivity index (χ4n) is 1.92. The average Bonchev–Trinajstić information content (AvgIpc) is 2.58. The number of nitrogens with zero attached hydrogens (tertiary/aromatic N) is 3. The molecule has 84 valence electrons. The van der Waals surface area contributed by atoms with Gasteiger partial charge in [-0.05, 0) is 43.5 Å². The minimum absolute atomic E-state index is 0.515. The molecule has 0 radical (unpaired) electrons. The fraction of sp³-hybridized carbons (Fsp3) is 0.333. The maximum Gasteiger partial charge on any atom is 0.169 e. The second-order valence-corrected chi connectivity index (χ2v) is 4.03. The molecule has 2 N–H and O–H groups in total. The number of hydrogen-bond acceptors (Lipinski definition) is 3. The van der Waals surface area contributed by atoms with Crippen molar-refractivity contribution in [2.45, 2.75) is 27.2 Å². The lowest BCUT2D eigenvalue weighted by Gasteiger charge is -2.07. The minimum atomic E-state index is 0.515. The van der Waals surface area contributed by atoms with Crippen molar-refractivity contribution in [3.05, 3.63) is 35.0 Å². The van der Waals surface area contributed by atoms with Crippen LogP contribution in [0.4, 0.5) is 5.82 Å². The molecule has 2 rings (SSSR count). The smallest absolute Gasteiger partial charge is 0.169 e. The molecule has 0 spiro atoms. The number of nitrogen functional groups attached to an aromatic ring is 1. The van der Waals surface area contributed by atoms with Crippen LogP contribution in [0.15, 0.2) is 18.2 Å². The summed E-state index contributed by atoms with van der Waals surface area (Å²) in [7, 11) is 0. The summed E-state index contributed by atoms with van der Waals surface area (Å²) < 4.78 is 1.81. The summed E-state index contributed by atoms with van der Waals surface area (Å²) in [6.45, 7) is 6.19. The second-order valence-electron chi connectivity index (χ2n) is 4.03. The van der Waals surface area contributed by atoms with Gasteiger partial charge in [-0.2, -0.15) is 0 Å². The molecule has 0 aliphatic heterocycles. The molecular weight excluding hydrogens is 200 g/mol. The van der Waals surface area contributed by atoms with Crippen LogP contribution in [0.25, 0.3) is 5.69 Å². The van der Waals surface area contributed by atoms with Crippen molar-refractivity contribution in [2.75, 3.05) is 5.73 Å². The molecule has 0 aliphatic rings. The number of aryl methyl sites for hydroxylation is 2. The largest absolute Gasteiger partial charge is 0.381 e. The van der Waals surface area contributed by atoms with E-state index in [1.807, 2.05) is 11.6 Å². The molecule has 1 aromatic heterocycles. The maximum absolute atomic E-state index is 5.77. The van der Waals surface area contributed by atoms with E-state index in [2.05, 4.69) is 42.4 Å². The monoisotopic (exact) mass is 216 g/mol. The zero-order valence-corrected chi connectivity index (χ0v) is 9.86. The molecule has 16 heavy (non-hydrogen) atoms. The summed E-state index contributed by atoms with van der Waals surface area (Å²) >= 11 is 0. The third-order valence-electron chi connectivity index (χ3n) is 2.58. The maximum atomic E-state index is 5.77. The van der Waals surface area contributed by atoms with Crippen molar-refractivity contribution in [1.29, 1.82) is 0 Å². The van der Waals surface area contributed by atoms with Gasteiger partial charge in [0.15, 0.2) is 5.82 Å². The summed E-state index contributed by atoms with van der Waals surface area (Å²) in [5, 5.41) is 7.99. The van der Waals surface area contributed by atoms with Crippen molar-refractivity contribution >= 4 is 5.82 Å². The lowest BCUT2D eigenvalue weighted by atomic mass is 10.1. The molecule has 0 saturated carbocycles. The summed E-state index contributed by atoms with van der Waals surface area (Å²) in [6, 6.07) is 6.30. The Balaban J connectivity index is 2.58. The highest BCUT2D eigenvalue weighted by molar-refractivity contribution is 5.44. The Morgan fingerprint density at radius 1 is 1.19 bits per heavy atom. The number of benzene rings is 1. The van der Waals surface area contributed by atoms with Crippen LogP contribution in [0.2, 0.25) is 0 Å². The Kier molecular flexibility index (Phi) is 2.64. The van der Waals surface area contributed by atoms with E-state index in [1.165, 1.54) is 11.1 Å². The topological polar surface area (TPSA) is 56.7 Å². The number of rotatable bonds is 2. The standard InChI is InChI=1S/C12H16N4/c1-4-11-12(13)14-15-16(11)10-6-8(2)5-9(3)7-10/h5-7H,4,13H2,1-3H3. The van der Waals surface area contributed by atoms with Crippen LogP contribution in [-0.4, -0.2) is 15.0 Å². The number of aromatic nitrogens is 3. The van der Waals surface area contributed by atoms with E-state index in [0.29, 0.717) is 5.82 Å². The van der Waals surface area contributed by atoms with Gasteiger partial charge in [-0.25, -0.2) is 4.68 Å². The van der Waals surface area contributed by atoms with Gasteiger partial charge < -0.3 is 5.73 Å². The Bertz CT molecular complexity index is 493. The predicted molar refractivity (Wildman–Crippen MR) is 64.6 cm³/mol. The third kappa shape index (κ3) is 1.78. The van der Waals surface area contributed by atoms with E-state index < -0.39 is 0 Å². The first-order valence-electron chi connectivity index (χ1n) is 5.40. The van der Waals surface area contributed by atoms with Gasteiger partial charge >= 0.3 is 0 Å². The Labute approximate surface area is 95.1 Å². The van der Waals surface area contributed by atoms with Crippen molar-refractivity contribution in [3.63, 3.8) is 0 Å². The van der Waals surface area contributed by atoms with Crippen LogP contribution in [0.5, 0.6) is 0 Å². The zero-order valence-electron chi connectivity index (χ0n) is 9.86. The molecule has 0 unspecified atom stereocenters. The number of hydrogen-bond donors (Lipinski definition) is 1. The van der Waals surface area contributed by atoms with Gasteiger partial charge in [-0.15, -0.1) is 5.10 Å². The van der Waals surface area contributed by atoms with E-state index in [1.54, 1.807) is 0 Å². The third-order valence-corrected chi connectivity index (χ3v) is 2.58. The molecule has 2 aromatic rings. The lowest BCUT2D eigenvalue weighted by molar-refractivity contribution is 0.766. The van der Waals surface area contributed by atoms with Crippen LogP contribution in [0, 0.1) is 13.8 Å². The molecule has 0 bridgehead atoms. The molecular formula is C12H16N4. The SMILES string of the molecule is CCc1c(N)nnn1-c1cc(C)cc(C)c1. The van der Waals surface area contributed by atoms with E-state index in [4.69, 9.17) is 5.73 Å².